The Morgan fingerprint density at radius 3 is 2.46 bits per heavy atom. The molecule has 0 aliphatic heterocycles. The SMILES string of the molecule is Cn1c(=O)c2c(CC#N)cc(-c3ccc(Cl)cc3)nc2n(C)c1=O. The lowest BCUT2D eigenvalue weighted by Gasteiger charge is -2.11. The van der Waals surface area contributed by atoms with Crippen molar-refractivity contribution in [2.24, 2.45) is 14.1 Å². The van der Waals surface area contributed by atoms with Gasteiger partial charge in [-0.2, -0.15) is 5.26 Å². The highest BCUT2D eigenvalue weighted by atomic mass is 35.5. The van der Waals surface area contributed by atoms with Crippen molar-refractivity contribution in [1.29, 1.82) is 5.26 Å². The lowest BCUT2D eigenvalue weighted by molar-refractivity contribution is 0.707. The summed E-state index contributed by atoms with van der Waals surface area (Å²) in [6.45, 7) is 0. The van der Waals surface area contributed by atoms with Crippen molar-refractivity contribution in [1.82, 2.24) is 14.1 Å². The Bertz CT molecular complexity index is 1110. The fourth-order valence-electron chi connectivity index (χ4n) is 2.62. The molecule has 0 spiro atoms. The van der Waals surface area contributed by atoms with E-state index in [9.17, 15) is 9.59 Å². The summed E-state index contributed by atoms with van der Waals surface area (Å²) in [5.41, 5.74) is 1.26. The number of pyridine rings is 1. The number of nitrogens with zero attached hydrogens (tertiary/aromatic N) is 4. The quantitative estimate of drug-likeness (QED) is 0.714. The van der Waals surface area contributed by atoms with Gasteiger partial charge in [-0.25, -0.2) is 9.78 Å². The van der Waals surface area contributed by atoms with E-state index >= 15 is 0 Å². The second-order valence-electron chi connectivity index (χ2n) is 5.41. The van der Waals surface area contributed by atoms with E-state index in [-0.39, 0.29) is 12.1 Å². The smallest absolute Gasteiger partial charge is 0.280 e. The van der Waals surface area contributed by atoms with Crippen LogP contribution in [0.15, 0.2) is 39.9 Å². The molecule has 6 nitrogen and oxygen atoms in total. The Labute approximate surface area is 142 Å². The molecule has 0 N–H and O–H groups in total. The highest BCUT2D eigenvalue weighted by Gasteiger charge is 2.16. The van der Waals surface area contributed by atoms with Gasteiger partial charge in [0.05, 0.1) is 23.6 Å². The molecule has 0 bridgehead atoms. The normalized spacial score (nSPS) is 10.8. The van der Waals surface area contributed by atoms with Crippen LogP contribution in [0.4, 0.5) is 0 Å². The van der Waals surface area contributed by atoms with E-state index < -0.39 is 11.2 Å². The predicted molar refractivity (Wildman–Crippen MR) is 92.0 cm³/mol. The van der Waals surface area contributed by atoms with Crippen molar-refractivity contribution in [3.05, 3.63) is 61.8 Å². The second-order valence-corrected chi connectivity index (χ2v) is 5.85. The molecule has 0 aliphatic rings. The average molecular weight is 341 g/mol. The van der Waals surface area contributed by atoms with Gasteiger partial charge in [-0.05, 0) is 23.8 Å². The van der Waals surface area contributed by atoms with Gasteiger partial charge in [-0.1, -0.05) is 23.7 Å². The highest BCUT2D eigenvalue weighted by molar-refractivity contribution is 6.30. The largest absolute Gasteiger partial charge is 0.332 e. The van der Waals surface area contributed by atoms with Crippen LogP contribution in [0, 0.1) is 11.3 Å². The molecular weight excluding hydrogens is 328 g/mol. The van der Waals surface area contributed by atoms with E-state index in [0.29, 0.717) is 21.7 Å². The first-order chi connectivity index (χ1) is 11.4. The summed E-state index contributed by atoms with van der Waals surface area (Å²) in [4.78, 5) is 29.1. The minimum Gasteiger partial charge on any atom is -0.280 e. The van der Waals surface area contributed by atoms with E-state index in [1.54, 1.807) is 37.4 Å². The van der Waals surface area contributed by atoms with Gasteiger partial charge in [-0.15, -0.1) is 0 Å². The molecule has 0 saturated heterocycles. The first kappa shape index (κ1) is 16.0. The maximum absolute atomic E-state index is 12.5. The molecule has 0 radical (unpaired) electrons. The van der Waals surface area contributed by atoms with Gasteiger partial charge in [0.25, 0.3) is 5.56 Å². The minimum absolute atomic E-state index is 0.0487. The first-order valence-corrected chi connectivity index (χ1v) is 7.54. The van der Waals surface area contributed by atoms with Crippen LogP contribution >= 0.6 is 11.6 Å². The summed E-state index contributed by atoms with van der Waals surface area (Å²) in [7, 11) is 2.96. The predicted octanol–water partition coefficient (Wildman–Crippen LogP) is 2.02. The third-order valence-corrected chi connectivity index (χ3v) is 4.15. The second kappa shape index (κ2) is 5.95. The maximum Gasteiger partial charge on any atom is 0.332 e. The molecule has 24 heavy (non-hydrogen) atoms. The molecule has 0 saturated carbocycles. The number of halogens is 1. The van der Waals surface area contributed by atoms with Gasteiger partial charge < -0.3 is 0 Å². The fourth-order valence-corrected chi connectivity index (χ4v) is 2.75. The van der Waals surface area contributed by atoms with Crippen molar-refractivity contribution in [2.45, 2.75) is 6.42 Å². The molecule has 0 aliphatic carbocycles. The summed E-state index contributed by atoms with van der Waals surface area (Å²) in [6.07, 6.45) is 0.0487. The summed E-state index contributed by atoms with van der Waals surface area (Å²) in [6, 6.07) is 10.8. The van der Waals surface area contributed by atoms with Crippen molar-refractivity contribution in [2.75, 3.05) is 0 Å². The molecule has 0 unspecified atom stereocenters. The zero-order valence-electron chi connectivity index (χ0n) is 13.1. The molecule has 0 atom stereocenters. The Hall–Kier alpha value is -2.91. The third-order valence-electron chi connectivity index (χ3n) is 3.90. The van der Waals surface area contributed by atoms with Crippen LogP contribution in [0.25, 0.3) is 22.3 Å². The molecule has 1 aromatic carbocycles. The lowest BCUT2D eigenvalue weighted by atomic mass is 10.0. The van der Waals surface area contributed by atoms with Crippen LogP contribution in [0.5, 0.6) is 0 Å². The molecular formula is C17H13ClN4O2. The van der Waals surface area contributed by atoms with E-state index in [1.807, 2.05) is 0 Å². The van der Waals surface area contributed by atoms with E-state index in [4.69, 9.17) is 16.9 Å². The van der Waals surface area contributed by atoms with Gasteiger partial charge >= 0.3 is 5.69 Å². The van der Waals surface area contributed by atoms with Gasteiger partial charge in [0.15, 0.2) is 0 Å². The highest BCUT2D eigenvalue weighted by Crippen LogP contribution is 2.24. The Morgan fingerprint density at radius 2 is 1.83 bits per heavy atom. The Morgan fingerprint density at radius 1 is 1.17 bits per heavy atom. The number of aromatic nitrogens is 3. The zero-order valence-corrected chi connectivity index (χ0v) is 13.8. The van der Waals surface area contributed by atoms with Gasteiger partial charge in [-0.3, -0.25) is 13.9 Å². The van der Waals surface area contributed by atoms with Gasteiger partial charge in [0.1, 0.15) is 5.65 Å². The number of aryl methyl sites for hydroxylation is 1. The van der Waals surface area contributed by atoms with Crippen LogP contribution < -0.4 is 11.2 Å². The molecule has 7 heteroatoms. The number of hydrogen-bond donors (Lipinski definition) is 0. The Balaban J connectivity index is 2.44. The zero-order chi connectivity index (χ0) is 17.4. The number of fused-ring (bicyclic) bond motifs is 1. The number of benzene rings is 1. The topological polar surface area (TPSA) is 80.7 Å². The fraction of sp³-hybridized carbons (Fsp3) is 0.176. The summed E-state index contributed by atoms with van der Waals surface area (Å²) in [5, 5.41) is 9.98. The van der Waals surface area contributed by atoms with E-state index in [2.05, 4.69) is 11.1 Å². The van der Waals surface area contributed by atoms with E-state index in [1.165, 1.54) is 11.6 Å². The molecule has 2 aromatic heterocycles. The third kappa shape index (κ3) is 2.49. The van der Waals surface area contributed by atoms with Crippen LogP contribution in [-0.4, -0.2) is 14.1 Å². The van der Waals surface area contributed by atoms with Crippen LogP contribution in [0.3, 0.4) is 0 Å². The monoisotopic (exact) mass is 340 g/mol. The molecule has 2 heterocycles. The van der Waals surface area contributed by atoms with Crippen molar-refractivity contribution in [3.63, 3.8) is 0 Å². The molecule has 3 aromatic rings. The summed E-state index contributed by atoms with van der Waals surface area (Å²) in [5.74, 6) is 0. The molecule has 0 amide bonds. The standard InChI is InChI=1S/C17H13ClN4O2/c1-21-15-14(16(23)22(2)17(21)24)11(7-8-19)9-13(20-15)10-3-5-12(18)6-4-10/h3-6,9H,7H2,1-2H3. The van der Waals surface area contributed by atoms with Crippen molar-refractivity contribution >= 4 is 22.6 Å². The molecule has 3 rings (SSSR count). The van der Waals surface area contributed by atoms with Gasteiger partial charge in [0, 0.05) is 24.7 Å². The average Bonchev–Trinajstić information content (AvgIpc) is 2.58. The van der Waals surface area contributed by atoms with Crippen molar-refractivity contribution in [3.8, 4) is 17.3 Å². The molecule has 120 valence electrons. The minimum atomic E-state index is -0.462. The van der Waals surface area contributed by atoms with Crippen LogP contribution in [0.2, 0.25) is 5.02 Å². The Kier molecular flexibility index (Phi) is 3.96. The lowest BCUT2D eigenvalue weighted by Crippen LogP contribution is -2.37. The summed E-state index contributed by atoms with van der Waals surface area (Å²) >= 11 is 5.91. The van der Waals surface area contributed by atoms with E-state index in [0.717, 1.165) is 10.1 Å². The molecule has 0 fully saturated rings. The number of hydrogen-bond acceptors (Lipinski definition) is 4. The number of nitriles is 1. The first-order valence-electron chi connectivity index (χ1n) is 7.16. The van der Waals surface area contributed by atoms with Crippen LogP contribution in [-0.2, 0) is 20.5 Å². The number of rotatable bonds is 2. The van der Waals surface area contributed by atoms with Gasteiger partial charge in [0.2, 0.25) is 0 Å². The van der Waals surface area contributed by atoms with Crippen LogP contribution in [0.1, 0.15) is 5.56 Å². The summed E-state index contributed by atoms with van der Waals surface area (Å²) < 4.78 is 2.34. The maximum atomic E-state index is 12.5. The van der Waals surface area contributed by atoms with Crippen molar-refractivity contribution < 1.29 is 0 Å².